The average Bonchev–Trinajstić information content (AvgIpc) is 3.14. The van der Waals surface area contributed by atoms with Gasteiger partial charge in [-0.3, -0.25) is 4.79 Å². The largest absolute Gasteiger partial charge is 0.356 e. The monoisotopic (exact) mass is 238 g/mol. The second-order valence-electron chi connectivity index (χ2n) is 5.87. The average molecular weight is 238 g/mol. The molecule has 0 aromatic carbocycles. The molecular weight excluding hydrogens is 212 g/mol. The Morgan fingerprint density at radius 1 is 1.41 bits per heavy atom. The van der Waals surface area contributed by atoms with Gasteiger partial charge in [-0.05, 0) is 50.1 Å². The lowest BCUT2D eigenvalue weighted by Gasteiger charge is -2.28. The first-order chi connectivity index (χ1) is 8.25. The summed E-state index contributed by atoms with van der Waals surface area (Å²) in [5.74, 6) is 2.38. The van der Waals surface area contributed by atoms with Crippen LogP contribution in [0.25, 0.3) is 0 Å². The van der Waals surface area contributed by atoms with Gasteiger partial charge in [0, 0.05) is 13.0 Å². The molecule has 2 atom stereocenters. The molecule has 2 fully saturated rings. The number of hydrogen-bond donors (Lipinski definition) is 2. The molecule has 2 unspecified atom stereocenters. The molecule has 0 bridgehead atoms. The van der Waals surface area contributed by atoms with Gasteiger partial charge in [0.1, 0.15) is 0 Å². The summed E-state index contributed by atoms with van der Waals surface area (Å²) in [7, 11) is 0. The molecule has 0 spiro atoms. The third-order valence-corrected chi connectivity index (χ3v) is 4.22. The fourth-order valence-corrected chi connectivity index (χ4v) is 2.72. The Hall–Kier alpha value is -0.570. The third kappa shape index (κ3) is 4.66. The van der Waals surface area contributed by atoms with Gasteiger partial charge in [-0.2, -0.15) is 0 Å². The molecular formula is C14H26N2O. The molecule has 1 saturated heterocycles. The summed E-state index contributed by atoms with van der Waals surface area (Å²) in [6.45, 7) is 5.35. The molecule has 3 nitrogen and oxygen atoms in total. The predicted molar refractivity (Wildman–Crippen MR) is 69.7 cm³/mol. The molecule has 3 heteroatoms. The van der Waals surface area contributed by atoms with Crippen LogP contribution in [0.4, 0.5) is 0 Å². The lowest BCUT2D eigenvalue weighted by Crippen LogP contribution is -2.35. The molecule has 1 aliphatic carbocycles. The summed E-state index contributed by atoms with van der Waals surface area (Å²) in [5.41, 5.74) is 0. The van der Waals surface area contributed by atoms with Crippen molar-refractivity contribution in [2.75, 3.05) is 19.6 Å². The number of nitrogens with one attached hydrogen (secondary N) is 2. The van der Waals surface area contributed by atoms with Crippen LogP contribution in [-0.2, 0) is 4.79 Å². The number of amides is 1. The van der Waals surface area contributed by atoms with Crippen LogP contribution in [0.2, 0.25) is 0 Å². The Morgan fingerprint density at radius 2 is 2.24 bits per heavy atom. The molecule has 0 aromatic rings. The second-order valence-corrected chi connectivity index (χ2v) is 5.87. The van der Waals surface area contributed by atoms with Gasteiger partial charge >= 0.3 is 0 Å². The highest BCUT2D eigenvalue weighted by atomic mass is 16.1. The van der Waals surface area contributed by atoms with E-state index in [0.717, 1.165) is 25.6 Å². The molecule has 2 rings (SSSR count). The fraction of sp³-hybridized carbons (Fsp3) is 0.929. The highest BCUT2D eigenvalue weighted by molar-refractivity contribution is 5.76. The van der Waals surface area contributed by atoms with Crippen molar-refractivity contribution in [2.24, 2.45) is 17.8 Å². The highest BCUT2D eigenvalue weighted by Crippen LogP contribution is 2.31. The first-order valence-electron chi connectivity index (χ1n) is 7.23. The van der Waals surface area contributed by atoms with Crippen LogP contribution in [0.1, 0.15) is 45.4 Å². The molecule has 0 aromatic heterocycles. The number of hydrogen-bond acceptors (Lipinski definition) is 2. The van der Waals surface area contributed by atoms with Crippen molar-refractivity contribution in [2.45, 2.75) is 45.4 Å². The van der Waals surface area contributed by atoms with Gasteiger partial charge in [-0.1, -0.05) is 19.8 Å². The van der Waals surface area contributed by atoms with Crippen LogP contribution in [-0.4, -0.2) is 25.5 Å². The highest BCUT2D eigenvalue weighted by Gasteiger charge is 2.23. The van der Waals surface area contributed by atoms with Crippen LogP contribution >= 0.6 is 0 Å². The minimum Gasteiger partial charge on any atom is -0.356 e. The summed E-state index contributed by atoms with van der Waals surface area (Å²) in [5, 5.41) is 6.49. The Kier molecular flexibility index (Phi) is 4.84. The van der Waals surface area contributed by atoms with Crippen LogP contribution in [0.5, 0.6) is 0 Å². The Bertz CT molecular complexity index is 245. The van der Waals surface area contributed by atoms with Crippen molar-refractivity contribution in [1.82, 2.24) is 10.6 Å². The van der Waals surface area contributed by atoms with E-state index in [4.69, 9.17) is 0 Å². The summed E-state index contributed by atoms with van der Waals surface area (Å²) < 4.78 is 0. The molecule has 2 aliphatic rings. The van der Waals surface area contributed by atoms with E-state index in [1.807, 2.05) is 0 Å². The lowest BCUT2D eigenvalue weighted by atomic mass is 9.85. The van der Waals surface area contributed by atoms with Crippen LogP contribution in [0, 0.1) is 17.8 Å². The standard InChI is InChI=1S/C14H26N2O/c1-11(13-3-2-7-15-10-13)9-14(17)16-8-6-12-4-5-12/h11-13,15H,2-10H2,1H3,(H,16,17). The molecule has 1 amide bonds. The maximum absolute atomic E-state index is 11.8. The SMILES string of the molecule is CC(CC(=O)NCCC1CC1)C1CCCNC1. The van der Waals surface area contributed by atoms with E-state index in [0.29, 0.717) is 18.3 Å². The summed E-state index contributed by atoms with van der Waals surface area (Å²) in [4.78, 5) is 11.8. The normalized spacial score (nSPS) is 26.5. The number of carbonyl (C=O) groups excluding carboxylic acids is 1. The zero-order valence-electron chi connectivity index (χ0n) is 11.0. The Morgan fingerprint density at radius 3 is 2.88 bits per heavy atom. The van der Waals surface area contributed by atoms with E-state index >= 15 is 0 Å². The van der Waals surface area contributed by atoms with Crippen molar-refractivity contribution in [3.05, 3.63) is 0 Å². The zero-order chi connectivity index (χ0) is 12.1. The van der Waals surface area contributed by atoms with Gasteiger partial charge in [0.15, 0.2) is 0 Å². The minimum absolute atomic E-state index is 0.253. The molecule has 0 radical (unpaired) electrons. The van der Waals surface area contributed by atoms with Gasteiger partial charge in [0.05, 0.1) is 0 Å². The van der Waals surface area contributed by atoms with Crippen LogP contribution in [0.3, 0.4) is 0 Å². The minimum atomic E-state index is 0.253. The molecule has 2 N–H and O–H groups in total. The van der Waals surface area contributed by atoms with Gasteiger partial charge in [-0.15, -0.1) is 0 Å². The number of piperidine rings is 1. The van der Waals surface area contributed by atoms with E-state index in [1.54, 1.807) is 0 Å². The van der Waals surface area contributed by atoms with Crippen molar-refractivity contribution in [1.29, 1.82) is 0 Å². The first-order valence-corrected chi connectivity index (χ1v) is 7.23. The van der Waals surface area contributed by atoms with Crippen molar-refractivity contribution in [3.8, 4) is 0 Å². The van der Waals surface area contributed by atoms with Crippen molar-refractivity contribution < 1.29 is 4.79 Å². The first kappa shape index (κ1) is 12.9. The van der Waals surface area contributed by atoms with Crippen molar-refractivity contribution >= 4 is 5.91 Å². The second kappa shape index (κ2) is 6.39. The van der Waals surface area contributed by atoms with E-state index < -0.39 is 0 Å². The van der Waals surface area contributed by atoms with Gasteiger partial charge in [0.2, 0.25) is 5.91 Å². The third-order valence-electron chi connectivity index (χ3n) is 4.22. The van der Waals surface area contributed by atoms with Gasteiger partial charge < -0.3 is 10.6 Å². The predicted octanol–water partition coefficient (Wildman–Crippen LogP) is 1.93. The maximum atomic E-state index is 11.8. The maximum Gasteiger partial charge on any atom is 0.220 e. The van der Waals surface area contributed by atoms with Crippen molar-refractivity contribution in [3.63, 3.8) is 0 Å². The van der Waals surface area contributed by atoms with E-state index in [1.165, 1.54) is 32.1 Å². The van der Waals surface area contributed by atoms with Crippen LogP contribution in [0.15, 0.2) is 0 Å². The summed E-state index contributed by atoms with van der Waals surface area (Å²) in [6.07, 6.45) is 7.18. The topological polar surface area (TPSA) is 41.1 Å². The molecule has 1 saturated carbocycles. The van der Waals surface area contributed by atoms with Gasteiger partial charge in [0.25, 0.3) is 0 Å². The summed E-state index contributed by atoms with van der Waals surface area (Å²) in [6, 6.07) is 0. The lowest BCUT2D eigenvalue weighted by molar-refractivity contribution is -0.122. The molecule has 17 heavy (non-hydrogen) atoms. The molecule has 98 valence electrons. The quantitative estimate of drug-likeness (QED) is 0.742. The molecule has 1 heterocycles. The number of carbonyl (C=O) groups is 1. The smallest absolute Gasteiger partial charge is 0.220 e. The fourth-order valence-electron chi connectivity index (χ4n) is 2.72. The van der Waals surface area contributed by atoms with Gasteiger partial charge in [-0.25, -0.2) is 0 Å². The van der Waals surface area contributed by atoms with E-state index in [2.05, 4.69) is 17.6 Å². The van der Waals surface area contributed by atoms with E-state index in [9.17, 15) is 4.79 Å². The zero-order valence-corrected chi connectivity index (χ0v) is 11.0. The van der Waals surface area contributed by atoms with E-state index in [-0.39, 0.29) is 5.91 Å². The Labute approximate surface area is 105 Å². The van der Waals surface area contributed by atoms with Crippen LogP contribution < -0.4 is 10.6 Å². The Balaban J connectivity index is 1.58. The molecule has 1 aliphatic heterocycles. The number of rotatable bonds is 6. The summed E-state index contributed by atoms with van der Waals surface area (Å²) >= 11 is 0.